The van der Waals surface area contributed by atoms with Crippen LogP contribution in [-0.4, -0.2) is 94.4 Å². The molecule has 11 heteroatoms. The average Bonchev–Trinajstić information content (AvgIpc) is 3.71. The Morgan fingerprint density at radius 2 is 1.88 bits per heavy atom. The molecule has 236 valence electrons. The van der Waals surface area contributed by atoms with Gasteiger partial charge in [-0.25, -0.2) is 0 Å². The topological polar surface area (TPSA) is 147 Å². The number of carbonyl (C=O) groups excluding carboxylic acids is 3. The van der Waals surface area contributed by atoms with Gasteiger partial charge in [-0.1, -0.05) is 44.6 Å². The molecule has 1 spiro atoms. The van der Waals surface area contributed by atoms with Gasteiger partial charge in [-0.05, 0) is 45.8 Å². The second-order valence-electron chi connectivity index (χ2n) is 12.7. The molecule has 0 radical (unpaired) electrons. The highest BCUT2D eigenvalue weighted by molar-refractivity contribution is 6.27. The highest BCUT2D eigenvalue weighted by Gasteiger charge is 2.66. The van der Waals surface area contributed by atoms with Crippen molar-refractivity contribution in [3.05, 3.63) is 47.3 Å². The lowest BCUT2D eigenvalue weighted by atomic mass is 9.82. The zero-order chi connectivity index (χ0) is 31.4. The lowest BCUT2D eigenvalue weighted by Crippen LogP contribution is -2.61. The van der Waals surface area contributed by atoms with Crippen LogP contribution >= 0.6 is 0 Å². The van der Waals surface area contributed by atoms with Crippen molar-refractivity contribution in [1.29, 1.82) is 0 Å². The molecular formula is C32H44N2O9. The van der Waals surface area contributed by atoms with Crippen molar-refractivity contribution in [2.24, 2.45) is 17.8 Å². The number of nitrogens with one attached hydrogen (secondary N) is 1. The fourth-order valence-electron chi connectivity index (χ4n) is 6.82. The van der Waals surface area contributed by atoms with Gasteiger partial charge >= 0.3 is 0 Å². The Labute approximate surface area is 252 Å². The van der Waals surface area contributed by atoms with E-state index in [1.54, 1.807) is 19.9 Å². The number of aliphatic hydroxyl groups is 2. The van der Waals surface area contributed by atoms with Gasteiger partial charge in [0, 0.05) is 18.9 Å². The first-order valence-corrected chi connectivity index (χ1v) is 15.1. The number of hydrogen-bond donors (Lipinski definition) is 3. The zero-order valence-electron chi connectivity index (χ0n) is 25.9. The SMILES string of the molecule is CNC(=O)C(C)C1C(=O)/C(=C(\O)C=CC(C)=CC(C)C2OC3(C)OC(C=CC34CO4)C2C)C(=O)N1C1CCC(O)C(C)O1. The summed E-state index contributed by atoms with van der Waals surface area (Å²) in [5.74, 6) is -3.93. The third kappa shape index (κ3) is 5.50. The number of fused-ring (bicyclic) bond motifs is 3. The van der Waals surface area contributed by atoms with Crippen LogP contribution in [0, 0.1) is 17.8 Å². The van der Waals surface area contributed by atoms with Gasteiger partial charge in [0.2, 0.25) is 11.7 Å². The Kier molecular flexibility index (Phi) is 8.51. The van der Waals surface area contributed by atoms with E-state index in [0.29, 0.717) is 19.4 Å². The normalized spacial score (nSPS) is 42.0. The summed E-state index contributed by atoms with van der Waals surface area (Å²) in [6, 6.07) is -1.15. The van der Waals surface area contributed by atoms with Gasteiger partial charge in [-0.15, -0.1) is 0 Å². The predicted molar refractivity (Wildman–Crippen MR) is 155 cm³/mol. The third-order valence-electron chi connectivity index (χ3n) is 9.67. The summed E-state index contributed by atoms with van der Waals surface area (Å²) in [4.78, 5) is 41.1. The molecule has 0 aliphatic carbocycles. The molecule has 5 aliphatic rings. The summed E-state index contributed by atoms with van der Waals surface area (Å²) in [6.07, 6.45) is 7.46. The van der Waals surface area contributed by atoms with E-state index in [4.69, 9.17) is 18.9 Å². The molecule has 0 aromatic carbocycles. The van der Waals surface area contributed by atoms with E-state index in [2.05, 4.69) is 31.3 Å². The number of likely N-dealkylation sites (tertiary alicyclic amines) is 1. The van der Waals surface area contributed by atoms with Crippen molar-refractivity contribution >= 4 is 17.6 Å². The molecule has 0 aromatic rings. The summed E-state index contributed by atoms with van der Waals surface area (Å²) < 4.78 is 24.3. The van der Waals surface area contributed by atoms with E-state index >= 15 is 0 Å². The largest absolute Gasteiger partial charge is 0.507 e. The van der Waals surface area contributed by atoms with Crippen LogP contribution in [0.1, 0.15) is 54.4 Å². The van der Waals surface area contributed by atoms with E-state index in [-0.39, 0.29) is 29.6 Å². The zero-order valence-corrected chi connectivity index (χ0v) is 25.9. The number of carbonyl (C=O) groups is 3. The number of hydrogen-bond acceptors (Lipinski definition) is 9. The number of amides is 2. The van der Waals surface area contributed by atoms with E-state index in [9.17, 15) is 24.6 Å². The van der Waals surface area contributed by atoms with E-state index in [1.807, 2.05) is 19.9 Å². The molecule has 43 heavy (non-hydrogen) atoms. The second kappa shape index (κ2) is 11.6. The Bertz CT molecular complexity index is 1280. The molecule has 5 rings (SSSR count). The predicted octanol–water partition coefficient (Wildman–Crippen LogP) is 2.46. The number of allylic oxidation sites excluding steroid dienone is 3. The summed E-state index contributed by atoms with van der Waals surface area (Å²) in [7, 11) is 1.46. The van der Waals surface area contributed by atoms with Crippen LogP contribution in [0.4, 0.5) is 0 Å². The van der Waals surface area contributed by atoms with Crippen LogP contribution in [0.15, 0.2) is 47.3 Å². The maximum absolute atomic E-state index is 13.6. The molecule has 2 bridgehead atoms. The van der Waals surface area contributed by atoms with Crippen LogP contribution in [-0.2, 0) is 33.3 Å². The van der Waals surface area contributed by atoms with Crippen molar-refractivity contribution < 1.29 is 43.5 Å². The van der Waals surface area contributed by atoms with Crippen molar-refractivity contribution in [3.63, 3.8) is 0 Å². The summed E-state index contributed by atoms with van der Waals surface area (Å²) in [5, 5.41) is 23.7. The summed E-state index contributed by atoms with van der Waals surface area (Å²) >= 11 is 0. The number of ether oxygens (including phenoxy) is 4. The first kappa shape index (κ1) is 31.6. The van der Waals surface area contributed by atoms with Gasteiger partial charge in [0.25, 0.3) is 5.91 Å². The van der Waals surface area contributed by atoms with Crippen LogP contribution < -0.4 is 5.32 Å². The number of nitrogens with zero attached hydrogens (tertiary/aromatic N) is 1. The smallest absolute Gasteiger partial charge is 0.264 e. The highest BCUT2D eigenvalue weighted by atomic mass is 16.8. The van der Waals surface area contributed by atoms with Gasteiger partial charge in [0.05, 0.1) is 36.9 Å². The lowest BCUT2D eigenvalue weighted by molar-refractivity contribution is -0.346. The minimum Gasteiger partial charge on any atom is -0.507 e. The number of aliphatic hydroxyl groups excluding tert-OH is 2. The van der Waals surface area contributed by atoms with Gasteiger partial charge < -0.3 is 39.4 Å². The quantitative estimate of drug-likeness (QED) is 0.100. The third-order valence-corrected chi connectivity index (χ3v) is 9.67. The molecule has 5 heterocycles. The maximum Gasteiger partial charge on any atom is 0.264 e. The monoisotopic (exact) mass is 600 g/mol. The molecule has 5 aliphatic heterocycles. The fourth-order valence-corrected chi connectivity index (χ4v) is 6.82. The fraction of sp³-hybridized carbons (Fsp3) is 0.656. The molecule has 0 aromatic heterocycles. The molecule has 11 nitrogen and oxygen atoms in total. The Morgan fingerprint density at radius 1 is 1.19 bits per heavy atom. The number of rotatable bonds is 7. The Morgan fingerprint density at radius 3 is 2.51 bits per heavy atom. The minimum atomic E-state index is -1.15. The second-order valence-corrected chi connectivity index (χ2v) is 12.7. The van der Waals surface area contributed by atoms with Crippen molar-refractivity contribution in [1.82, 2.24) is 10.2 Å². The Hall–Kier alpha value is -2.83. The van der Waals surface area contributed by atoms with Crippen LogP contribution in [0.3, 0.4) is 0 Å². The van der Waals surface area contributed by atoms with E-state index in [0.717, 1.165) is 5.57 Å². The number of ketones is 1. The molecule has 4 saturated heterocycles. The molecule has 11 unspecified atom stereocenters. The first-order chi connectivity index (χ1) is 20.2. The standard InChI is InChI=1S/C32H44N2O9/c1-16(14-17(2)28-18(3)23-12-13-32(15-40-32)31(6,42-23)43-28)8-9-22(36)25-27(37)26(19(4)29(38)33-7)34(30(25)39)24-11-10-21(35)20(5)41-24/h8-9,12-14,17-21,23-24,26,28,35-36H,10-11,15H2,1-7H3,(H,33,38)/b9-8?,16-14?,25-22+. The molecule has 4 fully saturated rings. The molecule has 3 N–H and O–H groups in total. The summed E-state index contributed by atoms with van der Waals surface area (Å²) in [6.45, 7) is 11.7. The number of epoxide rings is 1. The highest BCUT2D eigenvalue weighted by Crippen LogP contribution is 2.52. The lowest BCUT2D eigenvalue weighted by Gasteiger charge is -2.51. The van der Waals surface area contributed by atoms with Crippen molar-refractivity contribution in [3.8, 4) is 0 Å². The van der Waals surface area contributed by atoms with Crippen molar-refractivity contribution in [2.45, 2.75) is 102 Å². The first-order valence-electron chi connectivity index (χ1n) is 15.1. The van der Waals surface area contributed by atoms with Gasteiger partial charge in [0.15, 0.2) is 11.4 Å². The summed E-state index contributed by atoms with van der Waals surface area (Å²) in [5.41, 5.74) is -0.127. The van der Waals surface area contributed by atoms with E-state index < -0.39 is 65.1 Å². The number of Topliss-reactive ketones (excluding diaryl/α,β-unsaturated/α-hetero) is 1. The van der Waals surface area contributed by atoms with Gasteiger partial charge in [-0.2, -0.15) is 0 Å². The average molecular weight is 601 g/mol. The van der Waals surface area contributed by atoms with Gasteiger partial charge in [0.1, 0.15) is 23.6 Å². The molecule has 11 atom stereocenters. The molecule has 2 amide bonds. The Balaban J connectivity index is 1.36. The van der Waals surface area contributed by atoms with Crippen molar-refractivity contribution in [2.75, 3.05) is 13.7 Å². The minimum absolute atomic E-state index is 0.0220. The molecule has 0 saturated carbocycles. The molecular weight excluding hydrogens is 556 g/mol. The van der Waals surface area contributed by atoms with Crippen LogP contribution in [0.2, 0.25) is 0 Å². The van der Waals surface area contributed by atoms with E-state index in [1.165, 1.54) is 18.0 Å². The van der Waals surface area contributed by atoms with Gasteiger partial charge in [-0.3, -0.25) is 14.4 Å². The maximum atomic E-state index is 13.6. The van der Waals surface area contributed by atoms with Crippen LogP contribution in [0.25, 0.3) is 0 Å². The van der Waals surface area contributed by atoms with Crippen LogP contribution in [0.5, 0.6) is 0 Å².